The number of halogens is 4. The highest BCUT2D eigenvalue weighted by atomic mass is 35.5. The Kier molecular flexibility index (Phi) is 6.30. The molecule has 1 atom stereocenters. The number of hydrogen-bond acceptors (Lipinski definition) is 5. The number of anilines is 4. The predicted molar refractivity (Wildman–Crippen MR) is 126 cm³/mol. The number of fused-ring (bicyclic) bond motifs is 1. The van der Waals surface area contributed by atoms with Crippen LogP contribution in [0.5, 0.6) is 0 Å². The van der Waals surface area contributed by atoms with Gasteiger partial charge in [-0.05, 0) is 30.3 Å². The zero-order valence-electron chi connectivity index (χ0n) is 15.9. The second kappa shape index (κ2) is 8.99. The van der Waals surface area contributed by atoms with E-state index in [1.165, 1.54) is 0 Å². The Hall–Kier alpha value is -2.78. The first-order valence-electron chi connectivity index (χ1n) is 9.13. The van der Waals surface area contributed by atoms with Crippen molar-refractivity contribution in [1.82, 2.24) is 9.97 Å². The molecular weight excluding hydrogens is 500 g/mol. The Morgan fingerprint density at radius 1 is 1.06 bits per heavy atom. The van der Waals surface area contributed by atoms with Crippen molar-refractivity contribution >= 4 is 81.4 Å². The van der Waals surface area contributed by atoms with Gasteiger partial charge in [-0.15, -0.1) is 0 Å². The van der Waals surface area contributed by atoms with E-state index in [1.54, 1.807) is 36.4 Å². The monoisotopic (exact) mass is 511 g/mol. The number of aromatic nitrogens is 2. The molecule has 2 amide bonds. The van der Waals surface area contributed by atoms with Crippen molar-refractivity contribution in [3.63, 3.8) is 0 Å². The topological polar surface area (TPSA) is 116 Å². The fourth-order valence-corrected chi connectivity index (χ4v) is 4.11. The smallest absolute Gasteiger partial charge is 0.258 e. The van der Waals surface area contributed by atoms with Gasteiger partial charge in [0.05, 0.1) is 27.2 Å². The molecule has 0 radical (unpaired) electrons. The molecule has 4 rings (SSSR count). The molecule has 12 heteroatoms. The summed E-state index contributed by atoms with van der Waals surface area (Å²) in [5.41, 5.74) is 0.160. The predicted octanol–water partition coefficient (Wildman–Crippen LogP) is 5.19. The van der Waals surface area contributed by atoms with Gasteiger partial charge in [0.1, 0.15) is 5.82 Å². The number of benzene rings is 2. The lowest BCUT2D eigenvalue weighted by Gasteiger charge is -2.24. The number of hydrogen-bond donors (Lipinski definition) is 4. The van der Waals surface area contributed by atoms with E-state index in [9.17, 15) is 14.4 Å². The molecule has 2 heterocycles. The lowest BCUT2D eigenvalue weighted by atomic mass is 9.92. The van der Waals surface area contributed by atoms with Crippen LogP contribution in [0.1, 0.15) is 17.9 Å². The van der Waals surface area contributed by atoms with Crippen molar-refractivity contribution in [2.45, 2.75) is 12.3 Å². The number of aromatic amines is 1. The highest BCUT2D eigenvalue weighted by molar-refractivity contribution is 6.44. The van der Waals surface area contributed by atoms with Gasteiger partial charge >= 0.3 is 0 Å². The summed E-state index contributed by atoms with van der Waals surface area (Å²) < 4.78 is 0. The Labute approximate surface area is 201 Å². The van der Waals surface area contributed by atoms with Gasteiger partial charge in [-0.3, -0.25) is 19.4 Å². The highest BCUT2D eigenvalue weighted by Crippen LogP contribution is 2.33. The molecule has 0 bridgehead atoms. The molecule has 164 valence electrons. The molecule has 4 N–H and O–H groups in total. The van der Waals surface area contributed by atoms with E-state index in [0.717, 1.165) is 0 Å². The zero-order valence-corrected chi connectivity index (χ0v) is 19.0. The third-order valence-corrected chi connectivity index (χ3v) is 5.86. The third-order valence-electron chi connectivity index (χ3n) is 4.60. The van der Waals surface area contributed by atoms with E-state index in [4.69, 9.17) is 46.4 Å². The number of carbonyl (C=O) groups is 2. The SMILES string of the molecule is O=C1C[C@@H](C(=O)Nc2cccc(Cl)c2Cl)c2c(nc(Nc3cc(Cl)cc(Cl)c3)[nH]c2=O)N1. The summed E-state index contributed by atoms with van der Waals surface area (Å²) in [5, 5.41) is 9.17. The summed E-state index contributed by atoms with van der Waals surface area (Å²) >= 11 is 24.1. The van der Waals surface area contributed by atoms with Crippen molar-refractivity contribution in [1.29, 1.82) is 0 Å². The first kappa shape index (κ1) is 22.4. The fourth-order valence-electron chi connectivity index (χ4n) is 3.24. The third kappa shape index (κ3) is 4.68. The van der Waals surface area contributed by atoms with Gasteiger partial charge in [-0.1, -0.05) is 52.5 Å². The van der Waals surface area contributed by atoms with Crippen LogP contribution in [-0.2, 0) is 9.59 Å². The Morgan fingerprint density at radius 2 is 1.78 bits per heavy atom. The van der Waals surface area contributed by atoms with Crippen molar-refractivity contribution in [3.05, 3.63) is 72.4 Å². The average molecular weight is 513 g/mol. The largest absolute Gasteiger partial charge is 0.326 e. The number of nitrogens with one attached hydrogen (secondary N) is 4. The van der Waals surface area contributed by atoms with Gasteiger partial charge in [-0.2, -0.15) is 4.98 Å². The van der Waals surface area contributed by atoms with Crippen molar-refractivity contribution in [3.8, 4) is 0 Å². The second-order valence-corrected chi connectivity index (χ2v) is 8.51. The average Bonchev–Trinajstić information content (AvgIpc) is 2.69. The fraction of sp³-hybridized carbons (Fsp3) is 0.100. The minimum atomic E-state index is -1.08. The van der Waals surface area contributed by atoms with Crippen LogP contribution in [0.25, 0.3) is 0 Å². The van der Waals surface area contributed by atoms with Crippen LogP contribution >= 0.6 is 46.4 Å². The minimum Gasteiger partial charge on any atom is -0.326 e. The Bertz CT molecular complexity index is 1290. The number of rotatable bonds is 4. The van der Waals surface area contributed by atoms with Crippen LogP contribution in [0.4, 0.5) is 23.1 Å². The summed E-state index contributed by atoms with van der Waals surface area (Å²) in [7, 11) is 0. The minimum absolute atomic E-state index is 0.0231. The number of nitrogens with zero attached hydrogens (tertiary/aromatic N) is 1. The molecule has 1 aliphatic rings. The van der Waals surface area contributed by atoms with Crippen LogP contribution in [0.3, 0.4) is 0 Å². The maximum atomic E-state index is 12.9. The van der Waals surface area contributed by atoms with E-state index in [2.05, 4.69) is 25.9 Å². The Balaban J connectivity index is 1.66. The summed E-state index contributed by atoms with van der Waals surface area (Å²) in [5.74, 6) is -2.14. The number of carbonyl (C=O) groups excluding carboxylic acids is 2. The van der Waals surface area contributed by atoms with Crippen LogP contribution < -0.4 is 21.5 Å². The Morgan fingerprint density at radius 3 is 2.50 bits per heavy atom. The molecule has 0 unspecified atom stereocenters. The molecule has 2 aromatic carbocycles. The van der Waals surface area contributed by atoms with E-state index < -0.39 is 23.3 Å². The standard InChI is InChI=1S/C20H13Cl4N5O3/c21-8-4-9(22)6-10(5-8)25-20-28-17-15(19(32)29-20)11(7-14(30)27-17)18(31)26-13-3-1-2-12(23)16(13)24/h1-6,11H,7H2,(H,26,31)(H3,25,27,28,29,30,32)/t11-/m1/s1. The quantitative estimate of drug-likeness (QED) is 0.383. The van der Waals surface area contributed by atoms with E-state index in [-0.39, 0.29) is 39.5 Å². The van der Waals surface area contributed by atoms with E-state index in [1.807, 2.05) is 0 Å². The molecule has 1 aliphatic heterocycles. The summed E-state index contributed by atoms with van der Waals surface area (Å²) in [6.45, 7) is 0. The van der Waals surface area contributed by atoms with Crippen molar-refractivity contribution < 1.29 is 9.59 Å². The number of H-pyrrole nitrogens is 1. The molecule has 0 saturated heterocycles. The molecule has 0 aliphatic carbocycles. The molecule has 8 nitrogen and oxygen atoms in total. The number of amides is 2. The highest BCUT2D eigenvalue weighted by Gasteiger charge is 2.35. The summed E-state index contributed by atoms with van der Waals surface area (Å²) in [6, 6.07) is 9.44. The van der Waals surface area contributed by atoms with Gasteiger partial charge in [0, 0.05) is 22.2 Å². The van der Waals surface area contributed by atoms with Gasteiger partial charge < -0.3 is 16.0 Å². The lowest BCUT2D eigenvalue weighted by molar-refractivity contribution is -0.123. The van der Waals surface area contributed by atoms with Crippen LogP contribution in [-0.4, -0.2) is 21.8 Å². The van der Waals surface area contributed by atoms with Crippen molar-refractivity contribution in [2.75, 3.05) is 16.0 Å². The molecule has 1 aromatic heterocycles. The van der Waals surface area contributed by atoms with Gasteiger partial charge in [0.15, 0.2) is 0 Å². The molecule has 32 heavy (non-hydrogen) atoms. The van der Waals surface area contributed by atoms with Crippen LogP contribution in [0.15, 0.2) is 41.2 Å². The summed E-state index contributed by atoms with van der Waals surface area (Å²) in [4.78, 5) is 44.8. The van der Waals surface area contributed by atoms with Gasteiger partial charge in [-0.25, -0.2) is 0 Å². The van der Waals surface area contributed by atoms with Crippen LogP contribution in [0.2, 0.25) is 20.1 Å². The van der Waals surface area contributed by atoms with Gasteiger partial charge in [0.25, 0.3) is 5.56 Å². The first-order chi connectivity index (χ1) is 15.2. The summed E-state index contributed by atoms with van der Waals surface area (Å²) in [6.07, 6.45) is -0.238. The normalized spacial score (nSPS) is 15.0. The first-order valence-corrected chi connectivity index (χ1v) is 10.6. The maximum Gasteiger partial charge on any atom is 0.258 e. The molecule has 0 saturated carbocycles. The molecule has 0 spiro atoms. The second-order valence-electron chi connectivity index (χ2n) is 6.86. The molecule has 3 aromatic rings. The van der Waals surface area contributed by atoms with Crippen LogP contribution in [0, 0.1) is 0 Å². The van der Waals surface area contributed by atoms with E-state index >= 15 is 0 Å². The molecular formula is C20H13Cl4N5O3. The van der Waals surface area contributed by atoms with E-state index in [0.29, 0.717) is 15.7 Å². The van der Waals surface area contributed by atoms with Crippen molar-refractivity contribution in [2.24, 2.45) is 0 Å². The van der Waals surface area contributed by atoms with Gasteiger partial charge in [0.2, 0.25) is 17.8 Å². The lowest BCUT2D eigenvalue weighted by Crippen LogP contribution is -2.36. The maximum absolute atomic E-state index is 12.9. The zero-order chi connectivity index (χ0) is 23.0. The molecule has 0 fully saturated rings.